The highest BCUT2D eigenvalue weighted by molar-refractivity contribution is 6.00. The third-order valence-corrected chi connectivity index (χ3v) is 3.74. The Labute approximate surface area is 134 Å². The van der Waals surface area contributed by atoms with Gasteiger partial charge in [0.2, 0.25) is 0 Å². The minimum absolute atomic E-state index is 0.153. The van der Waals surface area contributed by atoms with E-state index in [0.717, 1.165) is 17.8 Å². The molecule has 120 valence electrons. The fourth-order valence-electron chi connectivity index (χ4n) is 2.67. The highest BCUT2D eigenvalue weighted by Gasteiger charge is 2.22. The van der Waals surface area contributed by atoms with E-state index in [-0.39, 0.29) is 11.9 Å². The van der Waals surface area contributed by atoms with Crippen molar-refractivity contribution < 1.29 is 4.79 Å². The molecule has 23 heavy (non-hydrogen) atoms. The molecule has 0 aliphatic carbocycles. The summed E-state index contributed by atoms with van der Waals surface area (Å²) in [6.07, 6.45) is 5.70. The number of aromatic nitrogens is 5. The fourth-order valence-corrected chi connectivity index (χ4v) is 2.67. The molecule has 0 aromatic carbocycles. The first-order valence-electron chi connectivity index (χ1n) is 7.63. The maximum Gasteiger partial charge on any atom is 0.255 e. The lowest BCUT2D eigenvalue weighted by Gasteiger charge is -2.19. The monoisotopic (exact) mass is 312 g/mol. The molecule has 3 aromatic heterocycles. The Hall–Kier alpha value is -2.70. The van der Waals surface area contributed by atoms with Crippen LogP contribution in [0.1, 0.15) is 42.5 Å². The minimum Gasteiger partial charge on any atom is -0.342 e. The van der Waals surface area contributed by atoms with Crippen molar-refractivity contribution in [1.29, 1.82) is 0 Å². The van der Waals surface area contributed by atoms with E-state index in [1.807, 2.05) is 31.4 Å². The topological polar surface area (TPSA) is 77.1 Å². The molecule has 7 heteroatoms. The van der Waals surface area contributed by atoms with Gasteiger partial charge in [0, 0.05) is 13.2 Å². The predicted octanol–water partition coefficient (Wildman–Crippen LogP) is 1.98. The van der Waals surface area contributed by atoms with E-state index < -0.39 is 0 Å². The number of hydrogen-bond donors (Lipinski definition) is 1. The lowest BCUT2D eigenvalue weighted by molar-refractivity contribution is 0.0930. The summed E-state index contributed by atoms with van der Waals surface area (Å²) < 4.78 is 3.39. The molecule has 3 aromatic rings. The lowest BCUT2D eigenvalue weighted by atomic mass is 10.0. The molecule has 0 radical (unpaired) electrons. The molecule has 0 saturated carbocycles. The van der Waals surface area contributed by atoms with Gasteiger partial charge in [-0.25, -0.2) is 9.50 Å². The van der Waals surface area contributed by atoms with Crippen LogP contribution in [-0.4, -0.2) is 30.3 Å². The molecule has 1 atom stereocenters. The zero-order chi connectivity index (χ0) is 16.4. The van der Waals surface area contributed by atoms with Crippen molar-refractivity contribution in [3.63, 3.8) is 0 Å². The first kappa shape index (κ1) is 15.2. The summed E-state index contributed by atoms with van der Waals surface area (Å²) in [4.78, 5) is 17.0. The van der Waals surface area contributed by atoms with Gasteiger partial charge in [0.25, 0.3) is 5.91 Å². The number of carbonyl (C=O) groups is 1. The van der Waals surface area contributed by atoms with E-state index in [0.29, 0.717) is 11.5 Å². The average molecular weight is 312 g/mol. The summed E-state index contributed by atoms with van der Waals surface area (Å²) in [6.45, 7) is 4.23. The molecule has 0 unspecified atom stereocenters. The zero-order valence-corrected chi connectivity index (χ0v) is 13.5. The summed E-state index contributed by atoms with van der Waals surface area (Å²) in [6, 6.07) is 5.46. The number of rotatable bonds is 5. The van der Waals surface area contributed by atoms with Gasteiger partial charge in [-0.05, 0) is 24.5 Å². The summed E-state index contributed by atoms with van der Waals surface area (Å²) in [5, 5.41) is 11.4. The number of aryl methyl sites for hydroxylation is 1. The Morgan fingerprint density at radius 1 is 1.30 bits per heavy atom. The van der Waals surface area contributed by atoms with Gasteiger partial charge in [-0.15, -0.1) is 0 Å². The average Bonchev–Trinajstić information content (AvgIpc) is 3.12. The van der Waals surface area contributed by atoms with Crippen LogP contribution in [0.3, 0.4) is 0 Å². The first-order valence-corrected chi connectivity index (χ1v) is 7.63. The van der Waals surface area contributed by atoms with Crippen molar-refractivity contribution in [2.45, 2.75) is 26.3 Å². The second-order valence-electron chi connectivity index (χ2n) is 5.99. The SMILES string of the molecule is CC(C)C[C@@H](NC(=O)c1cnn2ccccc12)c1ncnn1C. The quantitative estimate of drug-likeness (QED) is 0.781. The molecule has 0 spiro atoms. The van der Waals surface area contributed by atoms with Gasteiger partial charge in [0.15, 0.2) is 0 Å². The Kier molecular flexibility index (Phi) is 4.10. The molecule has 0 fully saturated rings. The van der Waals surface area contributed by atoms with Crippen LogP contribution in [0.5, 0.6) is 0 Å². The standard InChI is InChI=1S/C16H20N6O/c1-11(2)8-13(15-17-10-19-21(15)3)20-16(23)12-9-18-22-7-5-4-6-14(12)22/h4-7,9-11,13H,8H2,1-3H3,(H,20,23)/t13-/m1/s1. The smallest absolute Gasteiger partial charge is 0.255 e. The van der Waals surface area contributed by atoms with Gasteiger partial charge in [-0.1, -0.05) is 19.9 Å². The lowest BCUT2D eigenvalue weighted by Crippen LogP contribution is -2.31. The van der Waals surface area contributed by atoms with E-state index in [9.17, 15) is 4.79 Å². The van der Waals surface area contributed by atoms with Crippen molar-refractivity contribution in [2.24, 2.45) is 13.0 Å². The van der Waals surface area contributed by atoms with E-state index in [1.165, 1.54) is 6.33 Å². The van der Waals surface area contributed by atoms with Gasteiger partial charge in [-0.2, -0.15) is 10.2 Å². The number of nitrogens with one attached hydrogen (secondary N) is 1. The summed E-state index contributed by atoms with van der Waals surface area (Å²) in [5.41, 5.74) is 1.34. The largest absolute Gasteiger partial charge is 0.342 e. The number of carbonyl (C=O) groups excluding carboxylic acids is 1. The summed E-state index contributed by atoms with van der Waals surface area (Å²) >= 11 is 0. The van der Waals surface area contributed by atoms with Gasteiger partial charge >= 0.3 is 0 Å². The Morgan fingerprint density at radius 2 is 2.13 bits per heavy atom. The van der Waals surface area contributed by atoms with Gasteiger partial charge in [0.1, 0.15) is 12.2 Å². The molecule has 3 rings (SSSR count). The molecular formula is C16H20N6O. The maximum absolute atomic E-state index is 12.7. The first-order chi connectivity index (χ1) is 11.1. The van der Waals surface area contributed by atoms with Crippen LogP contribution in [0.2, 0.25) is 0 Å². The van der Waals surface area contributed by atoms with E-state index in [1.54, 1.807) is 15.4 Å². The van der Waals surface area contributed by atoms with E-state index in [2.05, 4.69) is 34.3 Å². The number of amides is 1. The van der Waals surface area contributed by atoms with Gasteiger partial charge < -0.3 is 5.32 Å². The van der Waals surface area contributed by atoms with Crippen molar-refractivity contribution in [3.05, 3.63) is 48.3 Å². The zero-order valence-electron chi connectivity index (χ0n) is 13.5. The van der Waals surface area contributed by atoms with Crippen molar-refractivity contribution in [2.75, 3.05) is 0 Å². The Balaban J connectivity index is 1.87. The molecule has 7 nitrogen and oxygen atoms in total. The number of fused-ring (bicyclic) bond motifs is 1. The van der Waals surface area contributed by atoms with Crippen molar-refractivity contribution in [1.82, 2.24) is 29.7 Å². The van der Waals surface area contributed by atoms with Crippen LogP contribution in [0.15, 0.2) is 36.9 Å². The van der Waals surface area contributed by atoms with Crippen LogP contribution < -0.4 is 5.32 Å². The molecule has 1 amide bonds. The summed E-state index contributed by atoms with van der Waals surface area (Å²) in [5.74, 6) is 1.02. The molecule has 3 heterocycles. The third kappa shape index (κ3) is 3.08. The van der Waals surface area contributed by atoms with Crippen LogP contribution in [0, 0.1) is 5.92 Å². The Bertz CT molecular complexity index is 819. The van der Waals surface area contributed by atoms with Crippen LogP contribution in [0.25, 0.3) is 5.52 Å². The second-order valence-corrected chi connectivity index (χ2v) is 5.99. The van der Waals surface area contributed by atoms with Gasteiger partial charge in [-0.3, -0.25) is 9.48 Å². The normalized spacial score (nSPS) is 12.7. The second kappa shape index (κ2) is 6.20. The van der Waals surface area contributed by atoms with Crippen LogP contribution in [-0.2, 0) is 7.05 Å². The molecule has 1 N–H and O–H groups in total. The van der Waals surface area contributed by atoms with Crippen molar-refractivity contribution >= 4 is 11.4 Å². The van der Waals surface area contributed by atoms with E-state index >= 15 is 0 Å². The third-order valence-electron chi connectivity index (χ3n) is 3.74. The molecule has 0 aliphatic rings. The highest BCUT2D eigenvalue weighted by Crippen LogP contribution is 2.20. The summed E-state index contributed by atoms with van der Waals surface area (Å²) in [7, 11) is 1.83. The molecule has 0 bridgehead atoms. The van der Waals surface area contributed by atoms with E-state index in [4.69, 9.17) is 0 Å². The molecule has 0 saturated heterocycles. The molecular weight excluding hydrogens is 292 g/mol. The number of pyridine rings is 1. The highest BCUT2D eigenvalue weighted by atomic mass is 16.1. The maximum atomic E-state index is 12.7. The molecule has 0 aliphatic heterocycles. The van der Waals surface area contributed by atoms with Gasteiger partial charge in [0.05, 0.1) is 23.3 Å². The van der Waals surface area contributed by atoms with Crippen molar-refractivity contribution in [3.8, 4) is 0 Å². The predicted molar refractivity (Wildman–Crippen MR) is 85.9 cm³/mol. The Morgan fingerprint density at radius 3 is 2.83 bits per heavy atom. The fraction of sp³-hybridized carbons (Fsp3) is 0.375. The number of nitrogens with zero attached hydrogens (tertiary/aromatic N) is 5. The number of hydrogen-bond acceptors (Lipinski definition) is 4. The van der Waals surface area contributed by atoms with Crippen LogP contribution in [0.4, 0.5) is 0 Å². The van der Waals surface area contributed by atoms with Crippen LogP contribution >= 0.6 is 0 Å². The minimum atomic E-state index is -0.186.